The van der Waals surface area contributed by atoms with E-state index in [0.29, 0.717) is 30.1 Å². The molecule has 142 valence electrons. The van der Waals surface area contributed by atoms with Gasteiger partial charge in [-0.25, -0.2) is 0 Å². The number of nitrogens with one attached hydrogen (secondary N) is 1. The van der Waals surface area contributed by atoms with Crippen LogP contribution in [0.2, 0.25) is 0 Å². The molecule has 2 rings (SSSR count). The summed E-state index contributed by atoms with van der Waals surface area (Å²) in [6, 6.07) is 14.3. The Morgan fingerprint density at radius 2 is 1.59 bits per heavy atom. The first-order valence-corrected chi connectivity index (χ1v) is 8.72. The van der Waals surface area contributed by atoms with Gasteiger partial charge in [0.2, 0.25) is 5.91 Å². The molecular formula is C21H24N2O4. The number of hydrogen-bond donors (Lipinski definition) is 1. The van der Waals surface area contributed by atoms with Crippen LogP contribution in [-0.2, 0) is 9.59 Å². The fourth-order valence-electron chi connectivity index (χ4n) is 2.49. The van der Waals surface area contributed by atoms with Crippen LogP contribution < -0.4 is 15.0 Å². The second kappa shape index (κ2) is 9.52. The third-order valence-electron chi connectivity index (χ3n) is 4.01. The number of Topliss-reactive ketones (excluding diaryl/α,β-unsaturated/α-hetero) is 1. The maximum atomic E-state index is 11.9. The Balaban J connectivity index is 1.83. The number of carbonyl (C=O) groups is 3. The molecule has 0 saturated carbocycles. The largest absolute Gasteiger partial charge is 0.484 e. The molecule has 6 heteroatoms. The number of ketones is 1. The summed E-state index contributed by atoms with van der Waals surface area (Å²) in [5, 5.41) is 2.74. The van der Waals surface area contributed by atoms with E-state index in [9.17, 15) is 14.4 Å². The molecule has 27 heavy (non-hydrogen) atoms. The molecule has 0 radical (unpaired) electrons. The third kappa shape index (κ3) is 6.26. The lowest BCUT2D eigenvalue weighted by Crippen LogP contribution is -2.39. The first-order valence-electron chi connectivity index (χ1n) is 8.72. The minimum absolute atomic E-state index is 0.0308. The van der Waals surface area contributed by atoms with Crippen LogP contribution in [0.25, 0.3) is 0 Å². The molecule has 0 aliphatic carbocycles. The molecule has 0 spiro atoms. The Morgan fingerprint density at radius 1 is 0.963 bits per heavy atom. The van der Waals surface area contributed by atoms with E-state index in [4.69, 9.17) is 4.74 Å². The van der Waals surface area contributed by atoms with Crippen molar-refractivity contribution in [2.24, 2.45) is 0 Å². The molecule has 0 saturated heterocycles. The van der Waals surface area contributed by atoms with E-state index in [1.807, 2.05) is 31.2 Å². The summed E-state index contributed by atoms with van der Waals surface area (Å²) in [7, 11) is 0. The zero-order chi connectivity index (χ0) is 19.8. The molecule has 0 bridgehead atoms. The van der Waals surface area contributed by atoms with Gasteiger partial charge in [-0.05, 0) is 50.2 Å². The van der Waals surface area contributed by atoms with Gasteiger partial charge in [-0.15, -0.1) is 0 Å². The summed E-state index contributed by atoms with van der Waals surface area (Å²) >= 11 is 0. The first kappa shape index (κ1) is 20.2. The first-order chi connectivity index (χ1) is 12.9. The van der Waals surface area contributed by atoms with E-state index in [2.05, 4.69) is 5.32 Å². The standard InChI is InChI=1S/C21H24N2O4/c1-15-4-10-20(11-5-15)27-14-21(26)22-12-13-23(17(3)25)19-8-6-18(7-9-19)16(2)24/h4-11H,12-14H2,1-3H3,(H,22,26). The van der Waals surface area contributed by atoms with Crippen LogP contribution in [0.5, 0.6) is 5.75 Å². The highest BCUT2D eigenvalue weighted by atomic mass is 16.5. The van der Waals surface area contributed by atoms with Crippen molar-refractivity contribution in [3.8, 4) is 5.75 Å². The van der Waals surface area contributed by atoms with Gasteiger partial charge in [-0.3, -0.25) is 14.4 Å². The van der Waals surface area contributed by atoms with Gasteiger partial charge in [-0.2, -0.15) is 0 Å². The Labute approximate surface area is 159 Å². The molecule has 0 unspecified atom stereocenters. The molecule has 0 heterocycles. The quantitative estimate of drug-likeness (QED) is 0.727. The van der Waals surface area contributed by atoms with Crippen LogP contribution in [0.3, 0.4) is 0 Å². The van der Waals surface area contributed by atoms with Crippen molar-refractivity contribution in [3.05, 3.63) is 59.7 Å². The normalized spacial score (nSPS) is 10.2. The van der Waals surface area contributed by atoms with Gasteiger partial charge in [0.15, 0.2) is 12.4 Å². The smallest absolute Gasteiger partial charge is 0.258 e. The highest BCUT2D eigenvalue weighted by Crippen LogP contribution is 2.16. The van der Waals surface area contributed by atoms with E-state index in [1.54, 1.807) is 29.2 Å². The maximum Gasteiger partial charge on any atom is 0.258 e. The highest BCUT2D eigenvalue weighted by Gasteiger charge is 2.12. The average Bonchev–Trinajstić information content (AvgIpc) is 2.64. The summed E-state index contributed by atoms with van der Waals surface area (Å²) in [5.74, 6) is 0.199. The molecule has 0 aromatic heterocycles. The fraction of sp³-hybridized carbons (Fsp3) is 0.286. The van der Waals surface area contributed by atoms with Crippen LogP contribution in [0.15, 0.2) is 48.5 Å². The van der Waals surface area contributed by atoms with Crippen LogP contribution in [0.1, 0.15) is 29.8 Å². The number of aryl methyl sites for hydroxylation is 1. The van der Waals surface area contributed by atoms with Gasteiger partial charge in [0.25, 0.3) is 5.91 Å². The fourth-order valence-corrected chi connectivity index (χ4v) is 2.49. The molecule has 2 aromatic carbocycles. The van der Waals surface area contributed by atoms with Gasteiger partial charge in [0.1, 0.15) is 5.75 Å². The molecular weight excluding hydrogens is 344 g/mol. The molecule has 0 aliphatic heterocycles. The lowest BCUT2D eigenvalue weighted by atomic mass is 10.1. The molecule has 0 fully saturated rings. The molecule has 1 N–H and O–H groups in total. The van der Waals surface area contributed by atoms with Crippen molar-refractivity contribution >= 4 is 23.3 Å². The SMILES string of the molecule is CC(=O)c1ccc(N(CCNC(=O)COc2ccc(C)cc2)C(C)=O)cc1. The number of ether oxygens (including phenoxy) is 1. The van der Waals surface area contributed by atoms with Gasteiger partial charge in [0.05, 0.1) is 0 Å². The van der Waals surface area contributed by atoms with Crippen molar-refractivity contribution in [1.29, 1.82) is 0 Å². The van der Waals surface area contributed by atoms with E-state index < -0.39 is 0 Å². The van der Waals surface area contributed by atoms with E-state index in [0.717, 1.165) is 5.56 Å². The second-order valence-corrected chi connectivity index (χ2v) is 6.23. The van der Waals surface area contributed by atoms with Crippen LogP contribution >= 0.6 is 0 Å². The predicted molar refractivity (Wildman–Crippen MR) is 104 cm³/mol. The summed E-state index contributed by atoms with van der Waals surface area (Å²) in [5.41, 5.74) is 2.38. The summed E-state index contributed by atoms with van der Waals surface area (Å²) < 4.78 is 5.42. The van der Waals surface area contributed by atoms with Crippen LogP contribution in [-0.4, -0.2) is 37.3 Å². The number of rotatable bonds is 8. The topological polar surface area (TPSA) is 75.7 Å². The van der Waals surface area contributed by atoms with Crippen molar-refractivity contribution in [2.45, 2.75) is 20.8 Å². The van der Waals surface area contributed by atoms with Crippen molar-refractivity contribution in [2.75, 3.05) is 24.6 Å². The predicted octanol–water partition coefficient (Wildman–Crippen LogP) is 2.75. The zero-order valence-electron chi connectivity index (χ0n) is 15.8. The van der Waals surface area contributed by atoms with Crippen molar-refractivity contribution < 1.29 is 19.1 Å². The van der Waals surface area contributed by atoms with Crippen molar-refractivity contribution in [1.82, 2.24) is 5.32 Å². The lowest BCUT2D eigenvalue weighted by Gasteiger charge is -2.21. The Hall–Kier alpha value is -3.15. The number of carbonyl (C=O) groups excluding carboxylic acids is 3. The molecule has 6 nitrogen and oxygen atoms in total. The third-order valence-corrected chi connectivity index (χ3v) is 4.01. The van der Waals surface area contributed by atoms with Gasteiger partial charge in [-0.1, -0.05) is 17.7 Å². The zero-order valence-corrected chi connectivity index (χ0v) is 15.8. The Kier molecular flexibility index (Phi) is 7.11. The Bertz CT molecular complexity index is 798. The summed E-state index contributed by atoms with van der Waals surface area (Å²) in [4.78, 5) is 36.7. The number of nitrogens with zero attached hydrogens (tertiary/aromatic N) is 1. The molecule has 0 atom stereocenters. The maximum absolute atomic E-state index is 11.9. The monoisotopic (exact) mass is 368 g/mol. The van der Waals surface area contributed by atoms with E-state index in [1.165, 1.54) is 13.8 Å². The van der Waals surface area contributed by atoms with Gasteiger partial charge in [0, 0.05) is 31.3 Å². The minimum Gasteiger partial charge on any atom is -0.484 e. The van der Waals surface area contributed by atoms with E-state index in [-0.39, 0.29) is 24.2 Å². The number of amides is 2. The van der Waals surface area contributed by atoms with E-state index >= 15 is 0 Å². The number of anilines is 1. The van der Waals surface area contributed by atoms with Gasteiger partial charge < -0.3 is 15.0 Å². The number of hydrogen-bond acceptors (Lipinski definition) is 4. The number of benzene rings is 2. The average molecular weight is 368 g/mol. The van der Waals surface area contributed by atoms with Crippen molar-refractivity contribution in [3.63, 3.8) is 0 Å². The lowest BCUT2D eigenvalue weighted by molar-refractivity contribution is -0.123. The molecule has 0 aliphatic rings. The highest BCUT2D eigenvalue weighted by molar-refractivity contribution is 5.96. The molecule has 2 amide bonds. The van der Waals surface area contributed by atoms with Crippen LogP contribution in [0, 0.1) is 6.92 Å². The summed E-state index contributed by atoms with van der Waals surface area (Å²) in [6.07, 6.45) is 0. The summed E-state index contributed by atoms with van der Waals surface area (Å²) in [6.45, 7) is 5.46. The Morgan fingerprint density at radius 3 is 2.15 bits per heavy atom. The second-order valence-electron chi connectivity index (χ2n) is 6.23. The minimum atomic E-state index is -0.258. The van der Waals surface area contributed by atoms with Gasteiger partial charge >= 0.3 is 0 Å². The van der Waals surface area contributed by atoms with Crippen LogP contribution in [0.4, 0.5) is 5.69 Å². The molecule has 2 aromatic rings.